The Balaban J connectivity index is 1.91. The average Bonchev–Trinajstić information content (AvgIpc) is 3.39. The SMILES string of the molecule is O=C(NCCCO)c1cc2ccccc2cc1NC(=O)C1CC1. The molecule has 0 unspecified atom stereocenters. The highest BCUT2D eigenvalue weighted by Crippen LogP contribution is 2.31. The number of hydrogen-bond acceptors (Lipinski definition) is 3. The van der Waals surface area contributed by atoms with Gasteiger partial charge in [0.2, 0.25) is 5.91 Å². The Labute approximate surface area is 134 Å². The van der Waals surface area contributed by atoms with Crippen molar-refractivity contribution in [2.75, 3.05) is 18.5 Å². The molecular formula is C18H20N2O3. The zero-order valence-corrected chi connectivity index (χ0v) is 12.8. The maximum absolute atomic E-state index is 12.4. The standard InChI is InChI=1S/C18H20N2O3/c21-9-3-8-19-18(23)15-10-13-4-1-2-5-14(13)11-16(15)20-17(22)12-6-7-12/h1-2,4-5,10-12,21H,3,6-9H2,(H,19,23)(H,20,22). The van der Waals surface area contributed by atoms with E-state index in [1.54, 1.807) is 6.07 Å². The Morgan fingerprint density at radius 1 is 1.13 bits per heavy atom. The Hall–Kier alpha value is -2.40. The molecule has 0 aliphatic heterocycles. The van der Waals surface area contributed by atoms with Crippen LogP contribution in [0.5, 0.6) is 0 Å². The van der Waals surface area contributed by atoms with Gasteiger partial charge < -0.3 is 15.7 Å². The largest absolute Gasteiger partial charge is 0.396 e. The van der Waals surface area contributed by atoms with Crippen LogP contribution in [-0.4, -0.2) is 30.1 Å². The topological polar surface area (TPSA) is 78.4 Å². The molecule has 3 rings (SSSR count). The molecule has 23 heavy (non-hydrogen) atoms. The minimum atomic E-state index is -0.240. The maximum atomic E-state index is 12.4. The number of nitrogens with one attached hydrogen (secondary N) is 2. The summed E-state index contributed by atoms with van der Waals surface area (Å²) in [7, 11) is 0. The first-order valence-corrected chi connectivity index (χ1v) is 7.92. The molecule has 1 saturated carbocycles. The smallest absolute Gasteiger partial charge is 0.253 e. The summed E-state index contributed by atoms with van der Waals surface area (Å²) >= 11 is 0. The molecule has 0 spiro atoms. The third-order valence-corrected chi connectivity index (χ3v) is 3.96. The molecule has 0 radical (unpaired) electrons. The molecular weight excluding hydrogens is 292 g/mol. The lowest BCUT2D eigenvalue weighted by Crippen LogP contribution is -2.27. The molecule has 0 aromatic heterocycles. The van der Waals surface area contributed by atoms with Gasteiger partial charge in [0.1, 0.15) is 0 Å². The fraction of sp³-hybridized carbons (Fsp3) is 0.333. The number of amides is 2. The van der Waals surface area contributed by atoms with Gasteiger partial charge in [-0.25, -0.2) is 0 Å². The Bertz CT molecular complexity index is 738. The molecule has 5 nitrogen and oxygen atoms in total. The van der Waals surface area contributed by atoms with Crippen LogP contribution in [0.1, 0.15) is 29.6 Å². The molecule has 2 aromatic rings. The van der Waals surface area contributed by atoms with Crippen molar-refractivity contribution in [3.8, 4) is 0 Å². The van der Waals surface area contributed by atoms with E-state index < -0.39 is 0 Å². The molecule has 0 atom stereocenters. The van der Waals surface area contributed by atoms with Crippen LogP contribution in [0.25, 0.3) is 10.8 Å². The van der Waals surface area contributed by atoms with Crippen molar-refractivity contribution in [3.63, 3.8) is 0 Å². The Morgan fingerprint density at radius 2 is 1.83 bits per heavy atom. The molecule has 0 heterocycles. The second-order valence-electron chi connectivity index (χ2n) is 5.84. The van der Waals surface area contributed by atoms with Crippen molar-refractivity contribution in [2.45, 2.75) is 19.3 Å². The normalized spacial score (nSPS) is 13.8. The number of hydrogen-bond donors (Lipinski definition) is 3. The van der Waals surface area contributed by atoms with Gasteiger partial charge in [-0.2, -0.15) is 0 Å². The summed E-state index contributed by atoms with van der Waals surface area (Å²) < 4.78 is 0. The Kier molecular flexibility index (Phi) is 4.57. The summed E-state index contributed by atoms with van der Waals surface area (Å²) in [5.41, 5.74) is 0.998. The average molecular weight is 312 g/mol. The van der Waals surface area contributed by atoms with E-state index in [1.165, 1.54) is 0 Å². The van der Waals surface area contributed by atoms with Gasteiger partial charge in [-0.05, 0) is 42.2 Å². The van der Waals surface area contributed by atoms with E-state index in [0.29, 0.717) is 24.2 Å². The fourth-order valence-electron chi connectivity index (χ4n) is 2.49. The van der Waals surface area contributed by atoms with Crippen molar-refractivity contribution in [2.24, 2.45) is 5.92 Å². The number of benzene rings is 2. The van der Waals surface area contributed by atoms with Crippen molar-refractivity contribution in [3.05, 3.63) is 42.0 Å². The van der Waals surface area contributed by atoms with Crippen molar-refractivity contribution >= 4 is 28.3 Å². The summed E-state index contributed by atoms with van der Waals surface area (Å²) in [6.45, 7) is 0.432. The zero-order valence-electron chi connectivity index (χ0n) is 12.8. The van der Waals surface area contributed by atoms with Gasteiger partial charge in [0, 0.05) is 19.1 Å². The fourth-order valence-corrected chi connectivity index (χ4v) is 2.49. The highest BCUT2D eigenvalue weighted by atomic mass is 16.3. The molecule has 2 aromatic carbocycles. The summed E-state index contributed by atoms with van der Waals surface area (Å²) in [5.74, 6) is -0.188. The number of fused-ring (bicyclic) bond motifs is 1. The van der Waals surface area contributed by atoms with E-state index in [0.717, 1.165) is 23.6 Å². The van der Waals surface area contributed by atoms with E-state index in [2.05, 4.69) is 10.6 Å². The van der Waals surface area contributed by atoms with E-state index in [9.17, 15) is 9.59 Å². The summed E-state index contributed by atoms with van der Waals surface area (Å²) in [6, 6.07) is 11.4. The lowest BCUT2D eigenvalue weighted by atomic mass is 10.0. The van der Waals surface area contributed by atoms with E-state index in [-0.39, 0.29) is 24.3 Å². The van der Waals surface area contributed by atoms with Gasteiger partial charge in [0.25, 0.3) is 5.91 Å². The van der Waals surface area contributed by atoms with Crippen LogP contribution in [0.2, 0.25) is 0 Å². The van der Waals surface area contributed by atoms with E-state index in [1.807, 2.05) is 30.3 Å². The minimum Gasteiger partial charge on any atom is -0.396 e. The molecule has 1 aliphatic rings. The molecule has 0 saturated heterocycles. The van der Waals surface area contributed by atoms with Crippen molar-refractivity contribution in [1.29, 1.82) is 0 Å². The molecule has 1 fully saturated rings. The lowest BCUT2D eigenvalue weighted by Gasteiger charge is -2.13. The minimum absolute atomic E-state index is 0.0234. The van der Waals surface area contributed by atoms with Crippen LogP contribution in [0.4, 0.5) is 5.69 Å². The second kappa shape index (κ2) is 6.79. The molecule has 5 heteroatoms. The molecule has 3 N–H and O–H groups in total. The summed E-state index contributed by atoms with van der Waals surface area (Å²) in [6.07, 6.45) is 2.33. The second-order valence-corrected chi connectivity index (χ2v) is 5.84. The maximum Gasteiger partial charge on any atom is 0.253 e. The first-order valence-electron chi connectivity index (χ1n) is 7.92. The van der Waals surface area contributed by atoms with E-state index >= 15 is 0 Å². The van der Waals surface area contributed by atoms with Gasteiger partial charge >= 0.3 is 0 Å². The number of carbonyl (C=O) groups is 2. The van der Waals surface area contributed by atoms with Gasteiger partial charge in [0.15, 0.2) is 0 Å². The van der Waals surface area contributed by atoms with Crippen molar-refractivity contribution in [1.82, 2.24) is 5.32 Å². The lowest BCUT2D eigenvalue weighted by molar-refractivity contribution is -0.117. The first-order chi connectivity index (χ1) is 11.2. The third kappa shape index (κ3) is 3.68. The van der Waals surface area contributed by atoms with Gasteiger partial charge in [-0.3, -0.25) is 9.59 Å². The highest BCUT2D eigenvalue weighted by Gasteiger charge is 2.30. The van der Waals surface area contributed by atoms with Gasteiger partial charge in [-0.15, -0.1) is 0 Å². The number of aliphatic hydroxyl groups excluding tert-OH is 1. The molecule has 1 aliphatic carbocycles. The zero-order chi connectivity index (χ0) is 16.2. The first kappa shape index (κ1) is 15.5. The van der Waals surface area contributed by atoms with Crippen LogP contribution in [0.15, 0.2) is 36.4 Å². The summed E-state index contributed by atoms with van der Waals surface area (Å²) in [4.78, 5) is 24.5. The summed E-state index contributed by atoms with van der Waals surface area (Å²) in [5, 5.41) is 16.4. The van der Waals surface area contributed by atoms with Crippen molar-refractivity contribution < 1.29 is 14.7 Å². The van der Waals surface area contributed by atoms with Crippen LogP contribution in [0.3, 0.4) is 0 Å². The van der Waals surface area contributed by atoms with Crippen LogP contribution < -0.4 is 10.6 Å². The number of anilines is 1. The predicted molar refractivity (Wildman–Crippen MR) is 89.3 cm³/mol. The number of aliphatic hydroxyl groups is 1. The molecule has 120 valence electrons. The predicted octanol–water partition coefficient (Wildman–Crippen LogP) is 2.30. The third-order valence-electron chi connectivity index (χ3n) is 3.96. The van der Waals surface area contributed by atoms with Crippen LogP contribution in [0, 0.1) is 5.92 Å². The molecule has 0 bridgehead atoms. The number of carbonyl (C=O) groups excluding carboxylic acids is 2. The quantitative estimate of drug-likeness (QED) is 0.716. The Morgan fingerprint density at radius 3 is 2.48 bits per heavy atom. The van der Waals surface area contributed by atoms with E-state index in [4.69, 9.17) is 5.11 Å². The van der Waals surface area contributed by atoms with Gasteiger partial charge in [-0.1, -0.05) is 24.3 Å². The highest BCUT2D eigenvalue weighted by molar-refractivity contribution is 6.08. The van der Waals surface area contributed by atoms with Gasteiger partial charge in [0.05, 0.1) is 11.3 Å². The number of rotatable bonds is 6. The van der Waals surface area contributed by atoms with Crippen LogP contribution >= 0.6 is 0 Å². The monoisotopic (exact) mass is 312 g/mol. The van der Waals surface area contributed by atoms with Crippen LogP contribution in [-0.2, 0) is 4.79 Å². The molecule has 2 amide bonds.